The van der Waals surface area contributed by atoms with Crippen LogP contribution in [0.1, 0.15) is 45.2 Å². The molecule has 0 radical (unpaired) electrons. The largest absolute Gasteiger partial charge is 0.330 e. The Bertz CT molecular complexity index is 512. The van der Waals surface area contributed by atoms with Gasteiger partial charge in [0.25, 0.3) is 0 Å². The summed E-state index contributed by atoms with van der Waals surface area (Å²) in [5.41, 5.74) is 2.46. The second-order valence-electron chi connectivity index (χ2n) is 4.75. The average molecular weight is 281 g/mol. The van der Waals surface area contributed by atoms with E-state index >= 15 is 0 Å². The molecule has 3 heteroatoms. The van der Waals surface area contributed by atoms with E-state index in [0.29, 0.717) is 12.0 Å². The number of rotatable bonds is 2. The van der Waals surface area contributed by atoms with Crippen molar-refractivity contribution >= 4 is 27.0 Å². The quantitative estimate of drug-likeness (QED) is 0.741. The fourth-order valence-corrected chi connectivity index (χ4v) is 2.28. The lowest BCUT2D eigenvalue weighted by atomic mass is 10.0. The van der Waals surface area contributed by atoms with Gasteiger partial charge in [-0.15, -0.1) is 0 Å². The minimum Gasteiger partial charge on any atom is -0.330 e. The van der Waals surface area contributed by atoms with Gasteiger partial charge >= 0.3 is 0 Å². The van der Waals surface area contributed by atoms with Crippen LogP contribution in [0.2, 0.25) is 0 Å². The third kappa shape index (κ3) is 1.88. The molecule has 0 bridgehead atoms. The number of halogens is 1. The first kappa shape index (κ1) is 11.6. The first-order valence-electron chi connectivity index (χ1n) is 5.67. The monoisotopic (exact) mass is 280 g/mol. The third-order valence-corrected chi connectivity index (χ3v) is 3.29. The maximum absolute atomic E-state index is 4.58. The summed E-state index contributed by atoms with van der Waals surface area (Å²) >= 11 is 3.44. The van der Waals surface area contributed by atoms with E-state index in [1.807, 2.05) is 6.07 Å². The van der Waals surface area contributed by atoms with Crippen molar-refractivity contribution in [1.29, 1.82) is 0 Å². The zero-order valence-corrected chi connectivity index (χ0v) is 11.7. The highest BCUT2D eigenvalue weighted by molar-refractivity contribution is 9.10. The van der Waals surface area contributed by atoms with Crippen molar-refractivity contribution in [3.05, 3.63) is 28.5 Å². The molecule has 86 valence electrons. The Morgan fingerprint density at radius 1 is 1.19 bits per heavy atom. The summed E-state index contributed by atoms with van der Waals surface area (Å²) in [6.07, 6.45) is 2.24. The van der Waals surface area contributed by atoms with E-state index in [-0.39, 0.29) is 0 Å². The molecule has 2 heterocycles. The van der Waals surface area contributed by atoms with Crippen LogP contribution in [0, 0.1) is 0 Å². The molecule has 0 aromatic carbocycles. The fourth-order valence-electron chi connectivity index (χ4n) is 1.98. The van der Waals surface area contributed by atoms with E-state index in [0.717, 1.165) is 10.3 Å². The van der Waals surface area contributed by atoms with Gasteiger partial charge in [-0.25, -0.2) is 4.98 Å². The summed E-state index contributed by atoms with van der Waals surface area (Å²) in [5.74, 6) is 0.533. The van der Waals surface area contributed by atoms with Gasteiger partial charge in [0, 0.05) is 17.6 Å². The Kier molecular flexibility index (Phi) is 3.06. The molecule has 0 N–H and O–H groups in total. The second-order valence-corrected chi connectivity index (χ2v) is 5.56. The lowest BCUT2D eigenvalue weighted by molar-refractivity contribution is 0.614. The number of hydrogen-bond donors (Lipinski definition) is 0. The van der Waals surface area contributed by atoms with Crippen LogP contribution in [0.3, 0.4) is 0 Å². The van der Waals surface area contributed by atoms with E-state index in [4.69, 9.17) is 0 Å². The van der Waals surface area contributed by atoms with Crippen LogP contribution in [-0.2, 0) is 0 Å². The van der Waals surface area contributed by atoms with Gasteiger partial charge in [0.15, 0.2) is 0 Å². The molecule has 0 atom stereocenters. The lowest BCUT2D eigenvalue weighted by Gasteiger charge is -2.07. The minimum atomic E-state index is 0.441. The lowest BCUT2D eigenvalue weighted by Crippen LogP contribution is -1.99. The van der Waals surface area contributed by atoms with Gasteiger partial charge in [-0.2, -0.15) is 0 Å². The van der Waals surface area contributed by atoms with Crippen molar-refractivity contribution in [3.8, 4) is 0 Å². The van der Waals surface area contributed by atoms with Crippen LogP contribution in [0.5, 0.6) is 0 Å². The Morgan fingerprint density at radius 2 is 1.88 bits per heavy atom. The van der Waals surface area contributed by atoms with Gasteiger partial charge in [-0.3, -0.25) is 0 Å². The molecule has 2 rings (SSSR count). The second kappa shape index (κ2) is 4.21. The smallest absolute Gasteiger partial charge is 0.141 e. The first-order chi connectivity index (χ1) is 7.50. The molecule has 0 fully saturated rings. The van der Waals surface area contributed by atoms with Gasteiger partial charge in [-0.05, 0) is 53.4 Å². The maximum Gasteiger partial charge on any atom is 0.141 e. The molecule has 0 saturated heterocycles. The SMILES string of the molecule is CC(C)c1cn(C(C)C)c2nc(Br)ccc12. The molecule has 0 amide bonds. The highest BCUT2D eigenvalue weighted by Crippen LogP contribution is 2.29. The Morgan fingerprint density at radius 3 is 2.44 bits per heavy atom. The van der Waals surface area contributed by atoms with Crippen LogP contribution in [0.15, 0.2) is 22.9 Å². The highest BCUT2D eigenvalue weighted by Gasteiger charge is 2.14. The van der Waals surface area contributed by atoms with Gasteiger partial charge in [0.05, 0.1) is 0 Å². The molecular formula is C13H17BrN2. The predicted molar refractivity (Wildman–Crippen MR) is 71.9 cm³/mol. The maximum atomic E-state index is 4.58. The Labute approximate surface area is 105 Å². The van der Waals surface area contributed by atoms with Crippen molar-refractivity contribution in [2.75, 3.05) is 0 Å². The minimum absolute atomic E-state index is 0.441. The molecule has 2 aromatic rings. The van der Waals surface area contributed by atoms with Crippen LogP contribution in [0.25, 0.3) is 11.0 Å². The average Bonchev–Trinajstić information content (AvgIpc) is 2.56. The predicted octanol–water partition coefficient (Wildman–Crippen LogP) is 4.50. The van der Waals surface area contributed by atoms with Crippen molar-refractivity contribution in [3.63, 3.8) is 0 Å². The van der Waals surface area contributed by atoms with Crippen LogP contribution >= 0.6 is 15.9 Å². The molecule has 0 aliphatic heterocycles. The standard InChI is InChI=1S/C13H17BrN2/c1-8(2)11-7-16(9(3)4)13-10(11)5-6-12(14)15-13/h5-9H,1-4H3. The normalized spacial score (nSPS) is 11.9. The number of fused-ring (bicyclic) bond motifs is 1. The van der Waals surface area contributed by atoms with Gasteiger partial charge in [0.2, 0.25) is 0 Å². The summed E-state index contributed by atoms with van der Waals surface area (Å²) in [6.45, 7) is 8.82. The molecule has 16 heavy (non-hydrogen) atoms. The number of aromatic nitrogens is 2. The Balaban J connectivity index is 2.76. The number of hydrogen-bond acceptors (Lipinski definition) is 1. The fraction of sp³-hybridized carbons (Fsp3) is 0.462. The first-order valence-corrected chi connectivity index (χ1v) is 6.47. The van der Waals surface area contributed by atoms with E-state index in [9.17, 15) is 0 Å². The molecule has 0 unspecified atom stereocenters. The summed E-state index contributed by atoms with van der Waals surface area (Å²) in [6, 6.07) is 4.61. The molecule has 2 nitrogen and oxygen atoms in total. The van der Waals surface area contributed by atoms with Crippen molar-refractivity contribution < 1.29 is 0 Å². The summed E-state index contributed by atoms with van der Waals surface area (Å²) in [4.78, 5) is 4.58. The van der Waals surface area contributed by atoms with E-state index < -0.39 is 0 Å². The summed E-state index contributed by atoms with van der Waals surface area (Å²) in [7, 11) is 0. The molecular weight excluding hydrogens is 264 g/mol. The zero-order valence-electron chi connectivity index (χ0n) is 10.2. The van der Waals surface area contributed by atoms with Crippen molar-refractivity contribution in [1.82, 2.24) is 9.55 Å². The third-order valence-electron chi connectivity index (χ3n) is 2.85. The zero-order chi connectivity index (χ0) is 11.9. The molecule has 0 aliphatic carbocycles. The summed E-state index contributed by atoms with van der Waals surface area (Å²) in [5, 5.41) is 1.27. The molecule has 0 spiro atoms. The van der Waals surface area contributed by atoms with Crippen LogP contribution < -0.4 is 0 Å². The topological polar surface area (TPSA) is 17.8 Å². The van der Waals surface area contributed by atoms with Crippen LogP contribution in [-0.4, -0.2) is 9.55 Å². The van der Waals surface area contributed by atoms with Crippen LogP contribution in [0.4, 0.5) is 0 Å². The molecule has 0 saturated carbocycles. The summed E-state index contributed by atoms with van der Waals surface area (Å²) < 4.78 is 3.14. The van der Waals surface area contributed by atoms with E-state index in [1.165, 1.54) is 10.9 Å². The molecule has 2 aromatic heterocycles. The molecule has 0 aliphatic rings. The van der Waals surface area contributed by atoms with Crippen molar-refractivity contribution in [2.24, 2.45) is 0 Å². The van der Waals surface area contributed by atoms with E-state index in [2.05, 4.69) is 65.4 Å². The van der Waals surface area contributed by atoms with Gasteiger partial charge in [0.1, 0.15) is 10.3 Å². The number of nitrogens with zero attached hydrogens (tertiary/aromatic N) is 2. The highest BCUT2D eigenvalue weighted by atomic mass is 79.9. The Hall–Kier alpha value is -0.830. The number of pyridine rings is 1. The van der Waals surface area contributed by atoms with E-state index in [1.54, 1.807) is 0 Å². The van der Waals surface area contributed by atoms with Gasteiger partial charge in [-0.1, -0.05) is 13.8 Å². The van der Waals surface area contributed by atoms with Gasteiger partial charge < -0.3 is 4.57 Å². The van der Waals surface area contributed by atoms with Crippen molar-refractivity contribution in [2.45, 2.75) is 39.7 Å².